The molecule has 1 aromatic heterocycles. The van der Waals surface area contributed by atoms with Crippen molar-refractivity contribution in [2.45, 2.75) is 25.2 Å². The van der Waals surface area contributed by atoms with Gasteiger partial charge in [-0.3, -0.25) is 4.79 Å². The summed E-state index contributed by atoms with van der Waals surface area (Å²) in [5, 5.41) is 6.23. The summed E-state index contributed by atoms with van der Waals surface area (Å²) in [6.07, 6.45) is 4.20. The highest BCUT2D eigenvalue weighted by molar-refractivity contribution is 7.13. The van der Waals surface area contributed by atoms with E-state index in [1.54, 1.807) is 18.3 Å². The van der Waals surface area contributed by atoms with Gasteiger partial charge in [0.05, 0.1) is 16.0 Å². The summed E-state index contributed by atoms with van der Waals surface area (Å²) in [5.41, 5.74) is 0.849. The third-order valence-corrected chi connectivity index (χ3v) is 5.20. The van der Waals surface area contributed by atoms with Crippen LogP contribution >= 0.6 is 34.5 Å². The van der Waals surface area contributed by atoms with Crippen LogP contribution in [-0.4, -0.2) is 10.9 Å². The molecule has 1 N–H and O–H groups in total. The van der Waals surface area contributed by atoms with Crippen LogP contribution in [0.3, 0.4) is 0 Å². The van der Waals surface area contributed by atoms with Crippen LogP contribution in [-0.2, 0) is 4.79 Å². The molecule has 23 heavy (non-hydrogen) atoms. The highest BCUT2D eigenvalue weighted by Crippen LogP contribution is 2.33. The minimum absolute atomic E-state index is 0.0907. The summed E-state index contributed by atoms with van der Waals surface area (Å²) in [4.78, 5) is 16.8. The Balaban J connectivity index is 1.84. The first-order valence-corrected chi connectivity index (χ1v) is 8.90. The maximum atomic E-state index is 12.7. The second-order valence-corrected chi connectivity index (χ2v) is 7.05. The zero-order chi connectivity index (χ0) is 16.2. The normalized spacial score (nSPS) is 17.4. The third-order valence-electron chi connectivity index (χ3n) is 3.77. The van der Waals surface area contributed by atoms with Crippen LogP contribution < -0.4 is 5.32 Å². The first-order valence-electron chi connectivity index (χ1n) is 7.27. The summed E-state index contributed by atoms with van der Waals surface area (Å²) < 4.78 is 0. The first-order chi connectivity index (χ1) is 11.1. The highest BCUT2D eigenvalue weighted by atomic mass is 35.5. The molecule has 3 nitrogen and oxygen atoms in total. The summed E-state index contributed by atoms with van der Waals surface area (Å²) in [6, 6.07) is 5.34. The van der Waals surface area contributed by atoms with Crippen LogP contribution in [0.1, 0.15) is 30.7 Å². The number of anilines is 1. The van der Waals surface area contributed by atoms with Gasteiger partial charge in [0.1, 0.15) is 0 Å². The number of aromatic nitrogens is 1. The lowest BCUT2D eigenvalue weighted by molar-refractivity contribution is -0.117. The van der Waals surface area contributed by atoms with E-state index in [0.717, 1.165) is 18.4 Å². The Kier molecular flexibility index (Phi) is 5.22. The fourth-order valence-corrected chi connectivity index (χ4v) is 3.44. The van der Waals surface area contributed by atoms with Gasteiger partial charge in [0.25, 0.3) is 0 Å². The average molecular weight is 365 g/mol. The molecule has 2 unspecified atom stereocenters. The molecule has 0 aliphatic heterocycles. The first kappa shape index (κ1) is 16.3. The molecule has 3 rings (SSSR count). The molecule has 1 aliphatic rings. The van der Waals surface area contributed by atoms with Gasteiger partial charge in [0.15, 0.2) is 5.13 Å². The van der Waals surface area contributed by atoms with E-state index in [1.165, 1.54) is 11.3 Å². The van der Waals surface area contributed by atoms with Crippen molar-refractivity contribution in [3.05, 3.63) is 45.4 Å². The molecule has 118 valence electrons. The average Bonchev–Trinajstić information content (AvgIpc) is 3.21. The van der Waals surface area contributed by atoms with E-state index in [-0.39, 0.29) is 17.7 Å². The fraction of sp³-hybridized carbons (Fsp3) is 0.294. The molecule has 6 heteroatoms. The quantitative estimate of drug-likeness (QED) is 0.760. The van der Waals surface area contributed by atoms with Crippen LogP contribution in [0.25, 0.3) is 0 Å². The topological polar surface area (TPSA) is 42.0 Å². The molecule has 0 saturated heterocycles. The lowest BCUT2D eigenvalue weighted by Gasteiger charge is -2.19. The number of nitrogens with one attached hydrogen (secondary N) is 1. The van der Waals surface area contributed by atoms with Crippen molar-refractivity contribution in [1.82, 2.24) is 4.98 Å². The van der Waals surface area contributed by atoms with Gasteiger partial charge >= 0.3 is 0 Å². The van der Waals surface area contributed by atoms with Gasteiger partial charge in [-0.05, 0) is 30.5 Å². The molecule has 1 amide bonds. The predicted molar refractivity (Wildman–Crippen MR) is 95.1 cm³/mol. The van der Waals surface area contributed by atoms with Crippen molar-refractivity contribution in [3.63, 3.8) is 0 Å². The third kappa shape index (κ3) is 4.06. The predicted octanol–water partition coefficient (Wildman–Crippen LogP) is 4.98. The van der Waals surface area contributed by atoms with Gasteiger partial charge < -0.3 is 5.32 Å². The number of benzene rings is 1. The summed E-state index contributed by atoms with van der Waals surface area (Å²) in [5.74, 6) is 6.10. The molecule has 1 aromatic carbocycles. The molecule has 1 heterocycles. The summed E-state index contributed by atoms with van der Waals surface area (Å²) in [6.45, 7) is 0. The van der Waals surface area contributed by atoms with Crippen LogP contribution in [0, 0.1) is 17.8 Å². The largest absolute Gasteiger partial charge is 0.301 e. The molecule has 2 aromatic rings. The Hall–Kier alpha value is -1.54. The summed E-state index contributed by atoms with van der Waals surface area (Å²) >= 11 is 13.5. The van der Waals surface area contributed by atoms with E-state index >= 15 is 0 Å². The molecular formula is C17H14Cl2N2OS. The Morgan fingerprint density at radius 1 is 1.43 bits per heavy atom. The lowest BCUT2D eigenvalue weighted by atomic mass is 9.88. The SMILES string of the molecule is O=C(Nc1nccs1)C(CC1C#CCC1)c1ccc(Cl)c(Cl)c1. The van der Waals surface area contributed by atoms with E-state index in [0.29, 0.717) is 21.6 Å². The Labute approximate surface area is 149 Å². The van der Waals surface area contributed by atoms with E-state index < -0.39 is 0 Å². The molecule has 1 aliphatic carbocycles. The van der Waals surface area contributed by atoms with Gasteiger partial charge in [-0.15, -0.1) is 17.3 Å². The molecule has 0 bridgehead atoms. The number of nitrogens with zero attached hydrogens (tertiary/aromatic N) is 1. The van der Waals surface area contributed by atoms with Crippen molar-refractivity contribution < 1.29 is 4.79 Å². The van der Waals surface area contributed by atoms with Crippen molar-refractivity contribution in [1.29, 1.82) is 0 Å². The van der Waals surface area contributed by atoms with E-state index in [2.05, 4.69) is 22.1 Å². The van der Waals surface area contributed by atoms with Crippen LogP contribution in [0.15, 0.2) is 29.8 Å². The monoisotopic (exact) mass is 364 g/mol. The number of amides is 1. The Morgan fingerprint density at radius 3 is 2.96 bits per heavy atom. The Bertz CT molecular complexity index is 765. The highest BCUT2D eigenvalue weighted by Gasteiger charge is 2.26. The van der Waals surface area contributed by atoms with Gasteiger partial charge in [0, 0.05) is 23.9 Å². The van der Waals surface area contributed by atoms with Crippen molar-refractivity contribution >= 4 is 45.6 Å². The van der Waals surface area contributed by atoms with Gasteiger partial charge in [0.2, 0.25) is 5.91 Å². The lowest BCUT2D eigenvalue weighted by Crippen LogP contribution is -2.23. The Morgan fingerprint density at radius 2 is 2.30 bits per heavy atom. The zero-order valence-corrected chi connectivity index (χ0v) is 14.5. The number of halogens is 2. The van der Waals surface area contributed by atoms with Crippen LogP contribution in [0.5, 0.6) is 0 Å². The van der Waals surface area contributed by atoms with Crippen molar-refractivity contribution in [2.24, 2.45) is 5.92 Å². The fourth-order valence-electron chi connectivity index (χ4n) is 2.60. The molecular weight excluding hydrogens is 351 g/mol. The maximum absolute atomic E-state index is 12.7. The number of hydrogen-bond acceptors (Lipinski definition) is 3. The minimum atomic E-state index is -0.328. The second kappa shape index (κ2) is 7.35. The van der Waals surface area contributed by atoms with Crippen molar-refractivity contribution in [2.75, 3.05) is 5.32 Å². The maximum Gasteiger partial charge on any atom is 0.233 e. The number of carbonyl (C=O) groups is 1. The van der Waals surface area contributed by atoms with Crippen LogP contribution in [0.2, 0.25) is 10.0 Å². The molecule has 2 atom stereocenters. The number of hydrogen-bond donors (Lipinski definition) is 1. The van der Waals surface area contributed by atoms with Crippen molar-refractivity contribution in [3.8, 4) is 11.8 Å². The smallest absolute Gasteiger partial charge is 0.233 e. The van der Waals surface area contributed by atoms with Gasteiger partial charge in [-0.1, -0.05) is 35.2 Å². The van der Waals surface area contributed by atoms with E-state index in [1.807, 2.05) is 11.4 Å². The van der Waals surface area contributed by atoms with Crippen LogP contribution in [0.4, 0.5) is 5.13 Å². The molecule has 0 saturated carbocycles. The summed E-state index contributed by atoms with van der Waals surface area (Å²) in [7, 11) is 0. The molecule has 0 spiro atoms. The second-order valence-electron chi connectivity index (χ2n) is 5.35. The number of thiazole rings is 1. The number of rotatable bonds is 5. The van der Waals surface area contributed by atoms with Gasteiger partial charge in [-0.2, -0.15) is 0 Å². The van der Waals surface area contributed by atoms with E-state index in [9.17, 15) is 4.79 Å². The number of carbonyl (C=O) groups excluding carboxylic acids is 1. The zero-order valence-electron chi connectivity index (χ0n) is 12.2. The minimum Gasteiger partial charge on any atom is -0.301 e. The van der Waals surface area contributed by atoms with Gasteiger partial charge in [-0.25, -0.2) is 4.98 Å². The molecule has 0 fully saturated rings. The molecule has 0 radical (unpaired) electrons. The van der Waals surface area contributed by atoms with E-state index in [4.69, 9.17) is 23.2 Å². The standard InChI is InChI=1S/C17H14Cl2N2OS/c18-14-6-5-12(10-15(14)19)13(9-11-3-1-2-4-11)16(22)21-17-20-7-8-23-17/h5-8,10-11,13H,1,3,9H2,(H,20,21,22).